The van der Waals surface area contributed by atoms with E-state index < -0.39 is 0 Å². The van der Waals surface area contributed by atoms with Gasteiger partial charge in [-0.25, -0.2) is 4.98 Å². The topological polar surface area (TPSA) is 25.8 Å². The lowest BCUT2D eigenvalue weighted by Gasteiger charge is -2.13. The third-order valence-electron chi connectivity index (χ3n) is 2.92. The van der Waals surface area contributed by atoms with Gasteiger partial charge < -0.3 is 0 Å². The normalized spacial score (nSPS) is 19.2. The average molecular weight is 211 g/mol. The van der Waals surface area contributed by atoms with Crippen LogP contribution < -0.4 is 0 Å². The molecule has 0 aromatic carbocycles. The molecule has 1 aliphatic carbocycles. The second kappa shape index (κ2) is 4.74. The molecule has 14 heavy (non-hydrogen) atoms. The summed E-state index contributed by atoms with van der Waals surface area (Å²) < 4.78 is 0. The molecule has 1 saturated carbocycles. The fourth-order valence-corrected chi connectivity index (χ4v) is 2.42. The molecule has 0 N–H and O–H groups in total. The van der Waals surface area contributed by atoms with Crippen LogP contribution in [0.4, 0.5) is 0 Å². The van der Waals surface area contributed by atoms with E-state index in [-0.39, 0.29) is 0 Å². The summed E-state index contributed by atoms with van der Waals surface area (Å²) in [5.74, 6) is 0.540. The van der Waals surface area contributed by atoms with E-state index in [9.17, 15) is 0 Å². The van der Waals surface area contributed by atoms with Crippen molar-refractivity contribution in [3.63, 3.8) is 0 Å². The molecule has 1 aromatic heterocycles. The van der Waals surface area contributed by atoms with Gasteiger partial charge in [-0.15, -0.1) is 0 Å². The van der Waals surface area contributed by atoms with Crippen molar-refractivity contribution < 1.29 is 0 Å². The molecule has 1 aromatic rings. The lowest BCUT2D eigenvalue weighted by molar-refractivity contribution is 0.575. The quantitative estimate of drug-likeness (QED) is 0.663. The third kappa shape index (κ3) is 2.24. The van der Waals surface area contributed by atoms with Crippen molar-refractivity contribution in [1.82, 2.24) is 9.97 Å². The molecule has 1 fully saturated rings. The molecule has 0 aliphatic heterocycles. The van der Waals surface area contributed by atoms with Crippen molar-refractivity contribution in [2.75, 3.05) is 0 Å². The number of nitrogens with zero attached hydrogens (tertiary/aromatic N) is 2. The first kappa shape index (κ1) is 9.91. The fourth-order valence-electron chi connectivity index (χ4n) is 2.16. The Kier molecular flexibility index (Phi) is 3.35. The minimum absolute atomic E-state index is 0.540. The molecule has 0 saturated heterocycles. The summed E-state index contributed by atoms with van der Waals surface area (Å²) in [7, 11) is 0. The highest BCUT2D eigenvalue weighted by molar-refractivity contribution is 6.30. The molecular weight excluding hydrogens is 196 g/mol. The first-order chi connectivity index (χ1) is 6.88. The SMILES string of the molecule is Clc1nccnc1C1CCCCCC1. The molecule has 76 valence electrons. The van der Waals surface area contributed by atoms with Gasteiger partial charge in [0.25, 0.3) is 0 Å². The van der Waals surface area contributed by atoms with E-state index in [4.69, 9.17) is 11.6 Å². The largest absolute Gasteiger partial charge is 0.256 e. The summed E-state index contributed by atoms with van der Waals surface area (Å²) in [5, 5.41) is 0.597. The van der Waals surface area contributed by atoms with Crippen LogP contribution in [0.2, 0.25) is 5.15 Å². The molecular formula is C11H15ClN2. The number of aromatic nitrogens is 2. The van der Waals surface area contributed by atoms with Crippen LogP contribution in [-0.2, 0) is 0 Å². The maximum absolute atomic E-state index is 6.04. The zero-order chi connectivity index (χ0) is 9.80. The van der Waals surface area contributed by atoms with Crippen LogP contribution in [0.25, 0.3) is 0 Å². The molecule has 2 rings (SSSR count). The van der Waals surface area contributed by atoms with E-state index in [0.29, 0.717) is 11.1 Å². The number of rotatable bonds is 1. The standard InChI is InChI=1S/C11H15ClN2/c12-11-10(13-7-8-14-11)9-5-3-1-2-4-6-9/h7-9H,1-6H2. The lowest BCUT2D eigenvalue weighted by Crippen LogP contribution is -2.02. The van der Waals surface area contributed by atoms with Crippen LogP contribution in [-0.4, -0.2) is 9.97 Å². The summed E-state index contributed by atoms with van der Waals surface area (Å²) in [6, 6.07) is 0. The van der Waals surface area contributed by atoms with E-state index in [1.54, 1.807) is 12.4 Å². The van der Waals surface area contributed by atoms with Gasteiger partial charge in [-0.05, 0) is 12.8 Å². The summed E-state index contributed by atoms with van der Waals surface area (Å²) >= 11 is 6.04. The van der Waals surface area contributed by atoms with E-state index >= 15 is 0 Å². The highest BCUT2D eigenvalue weighted by Crippen LogP contribution is 2.32. The van der Waals surface area contributed by atoms with E-state index in [1.807, 2.05) is 0 Å². The zero-order valence-electron chi connectivity index (χ0n) is 8.25. The van der Waals surface area contributed by atoms with Gasteiger partial charge in [0.05, 0.1) is 5.69 Å². The highest BCUT2D eigenvalue weighted by atomic mass is 35.5. The maximum Gasteiger partial charge on any atom is 0.150 e. The van der Waals surface area contributed by atoms with Crippen molar-refractivity contribution in [1.29, 1.82) is 0 Å². The highest BCUT2D eigenvalue weighted by Gasteiger charge is 2.18. The Hall–Kier alpha value is -0.630. The lowest BCUT2D eigenvalue weighted by atomic mass is 9.97. The Morgan fingerprint density at radius 2 is 1.64 bits per heavy atom. The molecule has 0 atom stereocenters. The summed E-state index contributed by atoms with van der Waals surface area (Å²) in [6.45, 7) is 0. The summed E-state index contributed by atoms with van der Waals surface area (Å²) in [5.41, 5.74) is 1.01. The Morgan fingerprint density at radius 3 is 2.29 bits per heavy atom. The van der Waals surface area contributed by atoms with Crippen molar-refractivity contribution in [2.45, 2.75) is 44.4 Å². The maximum atomic E-state index is 6.04. The zero-order valence-corrected chi connectivity index (χ0v) is 9.00. The molecule has 0 radical (unpaired) electrons. The second-order valence-electron chi connectivity index (χ2n) is 3.92. The van der Waals surface area contributed by atoms with Crippen LogP contribution in [0.15, 0.2) is 12.4 Å². The third-order valence-corrected chi connectivity index (χ3v) is 3.21. The fraction of sp³-hybridized carbons (Fsp3) is 0.636. The van der Waals surface area contributed by atoms with Gasteiger partial charge in [-0.2, -0.15) is 0 Å². The van der Waals surface area contributed by atoms with Crippen molar-refractivity contribution in [2.24, 2.45) is 0 Å². The molecule has 1 heterocycles. The van der Waals surface area contributed by atoms with Gasteiger partial charge >= 0.3 is 0 Å². The first-order valence-electron chi connectivity index (χ1n) is 5.34. The molecule has 0 amide bonds. The van der Waals surface area contributed by atoms with Gasteiger partial charge in [0.1, 0.15) is 0 Å². The first-order valence-corrected chi connectivity index (χ1v) is 5.72. The van der Waals surface area contributed by atoms with Gasteiger partial charge in [0.2, 0.25) is 0 Å². The Labute approximate surface area is 89.7 Å². The molecule has 0 spiro atoms. The molecule has 0 bridgehead atoms. The van der Waals surface area contributed by atoms with Crippen LogP contribution >= 0.6 is 11.6 Å². The smallest absolute Gasteiger partial charge is 0.150 e. The van der Waals surface area contributed by atoms with Gasteiger partial charge in [0, 0.05) is 18.3 Å². The Balaban J connectivity index is 2.16. The van der Waals surface area contributed by atoms with Crippen molar-refractivity contribution in [3.05, 3.63) is 23.2 Å². The Bertz CT molecular complexity index is 293. The van der Waals surface area contributed by atoms with E-state index in [2.05, 4.69) is 9.97 Å². The number of halogens is 1. The summed E-state index contributed by atoms with van der Waals surface area (Å²) in [4.78, 5) is 8.44. The van der Waals surface area contributed by atoms with Gasteiger partial charge in [0.15, 0.2) is 5.15 Å². The predicted octanol–water partition coefficient (Wildman–Crippen LogP) is 3.57. The number of hydrogen-bond donors (Lipinski definition) is 0. The minimum Gasteiger partial charge on any atom is -0.256 e. The minimum atomic E-state index is 0.540. The Morgan fingerprint density at radius 1 is 1.00 bits per heavy atom. The number of hydrogen-bond acceptors (Lipinski definition) is 2. The van der Waals surface area contributed by atoms with E-state index in [1.165, 1.54) is 38.5 Å². The van der Waals surface area contributed by atoms with Crippen molar-refractivity contribution >= 4 is 11.6 Å². The van der Waals surface area contributed by atoms with Crippen LogP contribution in [0.5, 0.6) is 0 Å². The molecule has 1 aliphatic rings. The van der Waals surface area contributed by atoms with Crippen LogP contribution in [0.3, 0.4) is 0 Å². The van der Waals surface area contributed by atoms with Crippen LogP contribution in [0, 0.1) is 0 Å². The second-order valence-corrected chi connectivity index (χ2v) is 4.28. The van der Waals surface area contributed by atoms with Crippen molar-refractivity contribution in [3.8, 4) is 0 Å². The van der Waals surface area contributed by atoms with E-state index in [0.717, 1.165) is 5.69 Å². The van der Waals surface area contributed by atoms with Gasteiger partial charge in [-0.1, -0.05) is 37.3 Å². The predicted molar refractivity (Wildman–Crippen MR) is 57.5 cm³/mol. The van der Waals surface area contributed by atoms with Crippen LogP contribution in [0.1, 0.15) is 50.1 Å². The molecule has 0 unspecified atom stereocenters. The average Bonchev–Trinajstić information content (AvgIpc) is 2.47. The molecule has 2 nitrogen and oxygen atoms in total. The molecule has 3 heteroatoms. The monoisotopic (exact) mass is 210 g/mol. The summed E-state index contributed by atoms with van der Waals surface area (Å²) in [6.07, 6.45) is 11.2. The van der Waals surface area contributed by atoms with Gasteiger partial charge in [-0.3, -0.25) is 4.98 Å².